The highest BCUT2D eigenvalue weighted by atomic mass is 19.1. The van der Waals surface area contributed by atoms with Crippen LogP contribution in [-0.2, 0) is 0 Å². The van der Waals surface area contributed by atoms with Crippen molar-refractivity contribution in [1.29, 1.82) is 0 Å². The molecule has 2 rings (SSSR count). The van der Waals surface area contributed by atoms with E-state index in [9.17, 15) is 9.18 Å². The van der Waals surface area contributed by atoms with E-state index in [4.69, 9.17) is 4.42 Å². The van der Waals surface area contributed by atoms with Crippen LogP contribution in [0.1, 0.15) is 49.2 Å². The number of halogens is 1. The number of benzene rings is 1. The molecular formula is C16H19FO2. The third-order valence-corrected chi connectivity index (χ3v) is 3.34. The highest BCUT2D eigenvalue weighted by Gasteiger charge is 2.17. The van der Waals surface area contributed by atoms with Crippen molar-refractivity contribution in [3.8, 4) is 0 Å². The zero-order valence-corrected chi connectivity index (χ0v) is 11.6. The van der Waals surface area contributed by atoms with Gasteiger partial charge in [0, 0.05) is 17.4 Å². The summed E-state index contributed by atoms with van der Waals surface area (Å²) in [7, 11) is 0. The molecule has 0 aliphatic rings. The van der Waals surface area contributed by atoms with Gasteiger partial charge in [-0.15, -0.1) is 0 Å². The molecule has 1 heterocycles. The smallest absolute Gasteiger partial charge is 0.198 e. The molecular weight excluding hydrogens is 243 g/mol. The predicted molar refractivity (Wildman–Crippen MR) is 73.9 cm³/mol. The maximum absolute atomic E-state index is 13.2. The van der Waals surface area contributed by atoms with Crippen molar-refractivity contribution in [3.63, 3.8) is 0 Å². The van der Waals surface area contributed by atoms with Crippen LogP contribution < -0.4 is 0 Å². The van der Waals surface area contributed by atoms with Crippen molar-refractivity contribution in [3.05, 3.63) is 35.3 Å². The average molecular weight is 262 g/mol. The molecule has 0 atom stereocenters. The summed E-state index contributed by atoms with van der Waals surface area (Å²) in [5.41, 5.74) is 1.31. The first-order chi connectivity index (χ1) is 8.99. The fraction of sp³-hybridized carbons (Fsp3) is 0.438. The number of carbonyl (C=O) groups is 1. The molecule has 0 unspecified atom stereocenters. The van der Waals surface area contributed by atoms with Gasteiger partial charge in [0.25, 0.3) is 0 Å². The molecule has 1 aromatic carbocycles. The summed E-state index contributed by atoms with van der Waals surface area (Å²) in [4.78, 5) is 12.1. The van der Waals surface area contributed by atoms with Crippen LogP contribution >= 0.6 is 0 Å². The summed E-state index contributed by atoms with van der Waals surface area (Å²) in [5, 5.41) is 0.687. The van der Waals surface area contributed by atoms with Crippen molar-refractivity contribution in [1.82, 2.24) is 0 Å². The highest BCUT2D eigenvalue weighted by Crippen LogP contribution is 2.27. The Kier molecular flexibility index (Phi) is 4.03. The van der Waals surface area contributed by atoms with E-state index < -0.39 is 0 Å². The van der Waals surface area contributed by atoms with Crippen molar-refractivity contribution < 1.29 is 13.6 Å². The summed E-state index contributed by atoms with van der Waals surface area (Å²) in [6.07, 6.45) is 2.38. The number of Topliss-reactive ketones (excluding diaryl/α,β-unsaturated/α-hetero) is 1. The molecule has 0 amide bonds. The minimum atomic E-state index is -0.310. The highest BCUT2D eigenvalue weighted by molar-refractivity contribution is 6.00. The Labute approximate surface area is 112 Å². The number of hydrogen-bond acceptors (Lipinski definition) is 2. The summed E-state index contributed by atoms with van der Waals surface area (Å²) >= 11 is 0. The lowest BCUT2D eigenvalue weighted by Gasteiger charge is -2.02. The number of furan rings is 1. The van der Waals surface area contributed by atoms with E-state index in [0.29, 0.717) is 29.1 Å². The second kappa shape index (κ2) is 5.55. The molecule has 0 saturated carbocycles. The van der Waals surface area contributed by atoms with Crippen LogP contribution in [0.2, 0.25) is 0 Å². The minimum absolute atomic E-state index is 0.00904. The monoisotopic (exact) mass is 262 g/mol. The van der Waals surface area contributed by atoms with Gasteiger partial charge in [-0.2, -0.15) is 0 Å². The van der Waals surface area contributed by atoms with Gasteiger partial charge in [-0.1, -0.05) is 20.3 Å². The number of aryl methyl sites for hydroxylation is 1. The summed E-state index contributed by atoms with van der Waals surface area (Å²) < 4.78 is 18.7. The van der Waals surface area contributed by atoms with Crippen LogP contribution in [0.4, 0.5) is 4.39 Å². The molecule has 19 heavy (non-hydrogen) atoms. The van der Waals surface area contributed by atoms with Crippen LogP contribution in [0.25, 0.3) is 11.0 Å². The molecule has 0 aliphatic carbocycles. The van der Waals surface area contributed by atoms with Gasteiger partial charge < -0.3 is 4.42 Å². The van der Waals surface area contributed by atoms with Gasteiger partial charge in [0.05, 0.1) is 0 Å². The van der Waals surface area contributed by atoms with Gasteiger partial charge in [0.15, 0.2) is 11.5 Å². The average Bonchev–Trinajstić information content (AvgIpc) is 2.66. The van der Waals surface area contributed by atoms with Crippen molar-refractivity contribution in [2.45, 2.75) is 40.0 Å². The lowest BCUT2D eigenvalue weighted by Crippen LogP contribution is -2.00. The van der Waals surface area contributed by atoms with Crippen LogP contribution in [0, 0.1) is 18.7 Å². The number of carbonyl (C=O) groups excluding carboxylic acids is 1. The van der Waals surface area contributed by atoms with Crippen LogP contribution in [0.3, 0.4) is 0 Å². The molecule has 0 radical (unpaired) electrons. The Morgan fingerprint density at radius 1 is 1.37 bits per heavy atom. The Morgan fingerprint density at radius 3 is 2.79 bits per heavy atom. The Bertz CT molecular complexity index is 596. The van der Waals surface area contributed by atoms with Crippen molar-refractivity contribution >= 4 is 16.8 Å². The molecule has 0 saturated heterocycles. The van der Waals surface area contributed by atoms with Gasteiger partial charge in [-0.3, -0.25) is 4.79 Å². The number of hydrogen-bond donors (Lipinski definition) is 0. The van der Waals surface area contributed by atoms with Crippen LogP contribution in [0.5, 0.6) is 0 Å². The summed E-state index contributed by atoms with van der Waals surface area (Å²) in [5.74, 6) is 0.674. The first-order valence-electron chi connectivity index (χ1n) is 6.71. The van der Waals surface area contributed by atoms with Crippen LogP contribution in [0.15, 0.2) is 22.6 Å². The Balaban J connectivity index is 2.20. The van der Waals surface area contributed by atoms with E-state index in [1.165, 1.54) is 12.1 Å². The molecule has 2 aromatic rings. The fourth-order valence-corrected chi connectivity index (χ4v) is 2.24. The SMILES string of the molecule is Cc1c(C(=O)CCCC(C)C)oc2ccc(F)cc12. The predicted octanol–water partition coefficient (Wildman–Crippen LogP) is 4.89. The molecule has 0 aliphatic heterocycles. The second-order valence-electron chi connectivity index (χ2n) is 5.41. The third-order valence-electron chi connectivity index (χ3n) is 3.34. The van der Waals surface area contributed by atoms with Gasteiger partial charge in [0.1, 0.15) is 11.4 Å². The molecule has 0 fully saturated rings. The van der Waals surface area contributed by atoms with E-state index in [-0.39, 0.29) is 11.6 Å². The lowest BCUT2D eigenvalue weighted by molar-refractivity contribution is 0.0952. The molecule has 3 heteroatoms. The van der Waals surface area contributed by atoms with Gasteiger partial charge in [0.2, 0.25) is 0 Å². The zero-order chi connectivity index (χ0) is 14.0. The Morgan fingerprint density at radius 2 is 2.11 bits per heavy atom. The van der Waals surface area contributed by atoms with Gasteiger partial charge in [-0.25, -0.2) is 4.39 Å². The standard InChI is InChI=1S/C16H19FO2/c1-10(2)5-4-6-14(18)16-11(3)13-9-12(17)7-8-15(13)19-16/h7-10H,4-6H2,1-3H3. The van der Waals surface area contributed by atoms with Crippen molar-refractivity contribution in [2.75, 3.05) is 0 Å². The summed E-state index contributed by atoms with van der Waals surface area (Å²) in [6.45, 7) is 6.08. The number of rotatable bonds is 5. The topological polar surface area (TPSA) is 30.2 Å². The number of fused-ring (bicyclic) bond motifs is 1. The normalized spacial score (nSPS) is 11.4. The Hall–Kier alpha value is -1.64. The maximum Gasteiger partial charge on any atom is 0.198 e. The van der Waals surface area contributed by atoms with E-state index in [2.05, 4.69) is 13.8 Å². The maximum atomic E-state index is 13.2. The van der Waals surface area contributed by atoms with Crippen LogP contribution in [-0.4, -0.2) is 5.78 Å². The van der Waals surface area contributed by atoms with E-state index in [1.807, 2.05) is 0 Å². The molecule has 0 N–H and O–H groups in total. The van der Waals surface area contributed by atoms with E-state index in [0.717, 1.165) is 18.4 Å². The molecule has 0 bridgehead atoms. The lowest BCUT2D eigenvalue weighted by atomic mass is 10.0. The van der Waals surface area contributed by atoms with Gasteiger partial charge in [-0.05, 0) is 37.5 Å². The minimum Gasteiger partial charge on any atom is -0.453 e. The zero-order valence-electron chi connectivity index (χ0n) is 11.6. The van der Waals surface area contributed by atoms with E-state index in [1.54, 1.807) is 13.0 Å². The third kappa shape index (κ3) is 3.03. The molecule has 102 valence electrons. The second-order valence-corrected chi connectivity index (χ2v) is 5.41. The first kappa shape index (κ1) is 13.8. The summed E-state index contributed by atoms with van der Waals surface area (Å²) in [6, 6.07) is 4.33. The molecule has 2 nitrogen and oxygen atoms in total. The number of ketones is 1. The van der Waals surface area contributed by atoms with Gasteiger partial charge >= 0.3 is 0 Å². The fourth-order valence-electron chi connectivity index (χ4n) is 2.24. The first-order valence-corrected chi connectivity index (χ1v) is 6.71. The quantitative estimate of drug-likeness (QED) is 0.718. The van der Waals surface area contributed by atoms with E-state index >= 15 is 0 Å². The molecule has 0 spiro atoms. The largest absolute Gasteiger partial charge is 0.453 e. The molecule has 1 aromatic heterocycles. The van der Waals surface area contributed by atoms with Crippen molar-refractivity contribution in [2.24, 2.45) is 5.92 Å².